The van der Waals surface area contributed by atoms with Crippen molar-refractivity contribution in [2.75, 3.05) is 6.61 Å². The molecule has 2 fully saturated rings. The van der Waals surface area contributed by atoms with Crippen LogP contribution in [0, 0.1) is 0 Å². The Hall–Kier alpha value is -1.68. The number of pyridine rings is 1. The molecule has 2 aromatic rings. The van der Waals surface area contributed by atoms with Crippen LogP contribution < -0.4 is 4.68 Å². The quantitative estimate of drug-likeness (QED) is 0.570. The molecule has 4 nitrogen and oxygen atoms in total. The van der Waals surface area contributed by atoms with E-state index in [0.717, 1.165) is 25.9 Å². The number of unbranched alkanes of at least 4 members (excludes halogenated alkanes) is 1. The molecule has 146 valence electrons. The molecule has 0 N–H and O–H groups in total. The van der Waals surface area contributed by atoms with Gasteiger partial charge in [-0.15, -0.1) is 4.68 Å². The van der Waals surface area contributed by atoms with Crippen molar-refractivity contribution in [1.29, 1.82) is 0 Å². The van der Waals surface area contributed by atoms with Crippen LogP contribution in [0.3, 0.4) is 0 Å². The molecule has 3 heterocycles. The monoisotopic (exact) mass is 368 g/mol. The van der Waals surface area contributed by atoms with Crippen molar-refractivity contribution in [1.82, 2.24) is 9.67 Å². The Morgan fingerprint density at radius 1 is 1.19 bits per heavy atom. The van der Waals surface area contributed by atoms with Gasteiger partial charge in [0, 0.05) is 29.5 Å². The molecule has 4 rings (SSSR count). The van der Waals surface area contributed by atoms with Crippen molar-refractivity contribution in [3.63, 3.8) is 0 Å². The van der Waals surface area contributed by atoms with Gasteiger partial charge < -0.3 is 4.74 Å². The number of aryl methyl sites for hydroxylation is 3. The zero-order valence-corrected chi connectivity index (χ0v) is 17.0. The molecule has 1 aliphatic heterocycles. The maximum atomic E-state index is 6.36. The number of rotatable bonds is 6. The summed E-state index contributed by atoms with van der Waals surface area (Å²) < 4.78 is 10.7. The van der Waals surface area contributed by atoms with E-state index in [1.165, 1.54) is 56.2 Å². The highest BCUT2D eigenvalue weighted by molar-refractivity contribution is 5.20. The van der Waals surface area contributed by atoms with E-state index in [4.69, 9.17) is 9.72 Å². The maximum absolute atomic E-state index is 6.36. The molecule has 27 heavy (non-hydrogen) atoms. The average molecular weight is 369 g/mol. The highest BCUT2D eigenvalue weighted by Crippen LogP contribution is 2.50. The Labute approximate surface area is 163 Å². The lowest BCUT2D eigenvalue weighted by Crippen LogP contribution is -2.46. The minimum atomic E-state index is 0.128. The van der Waals surface area contributed by atoms with Crippen molar-refractivity contribution < 1.29 is 9.42 Å². The summed E-state index contributed by atoms with van der Waals surface area (Å²) in [7, 11) is 4.20. The maximum Gasteiger partial charge on any atom is 0.198 e. The minimum absolute atomic E-state index is 0.128. The first-order chi connectivity index (χ1) is 13.1. The van der Waals surface area contributed by atoms with Crippen molar-refractivity contribution in [2.45, 2.75) is 75.2 Å². The lowest BCUT2D eigenvalue weighted by molar-refractivity contribution is -0.751. The van der Waals surface area contributed by atoms with Crippen molar-refractivity contribution in [3.05, 3.63) is 48.0 Å². The molecular weight excluding hydrogens is 334 g/mol. The standard InChI is InChI=1S/C23H34N3O/c1-25-17-20(18-26(25)2)9-3-5-11-22(21-10-4-8-15-24-21)14-16-27-23(19-22)12-6-7-13-23/h4,8,10,15,17-18H,3,5-7,9,11-14,16,19H2,1-2H3/q+1/t22-/m1/s1. The van der Waals surface area contributed by atoms with Crippen LogP contribution in [0.5, 0.6) is 0 Å². The number of hydrogen-bond donors (Lipinski definition) is 0. The highest BCUT2D eigenvalue weighted by Gasteiger charge is 2.48. The van der Waals surface area contributed by atoms with Gasteiger partial charge in [-0.05, 0) is 57.1 Å². The summed E-state index contributed by atoms with van der Waals surface area (Å²) in [4.78, 5) is 4.82. The summed E-state index contributed by atoms with van der Waals surface area (Å²) in [6, 6.07) is 6.45. The van der Waals surface area contributed by atoms with Gasteiger partial charge in [0.15, 0.2) is 13.2 Å². The molecule has 1 saturated carbocycles. The van der Waals surface area contributed by atoms with E-state index in [9.17, 15) is 0 Å². The summed E-state index contributed by atoms with van der Waals surface area (Å²) >= 11 is 0. The lowest BCUT2D eigenvalue weighted by Gasteiger charge is -2.46. The van der Waals surface area contributed by atoms with E-state index in [1.54, 1.807) is 0 Å². The topological polar surface area (TPSA) is 30.9 Å². The van der Waals surface area contributed by atoms with Crippen LogP contribution in [0.25, 0.3) is 0 Å². The SMILES string of the molecule is Cn1cc(CCCC[C@@]2(c3ccccn3)CCOC3(CCCC3)C2)c[n+]1C. The first-order valence-electron chi connectivity index (χ1n) is 10.7. The Balaban J connectivity index is 1.45. The van der Waals surface area contributed by atoms with Crippen LogP contribution in [0.4, 0.5) is 0 Å². The van der Waals surface area contributed by atoms with E-state index in [1.807, 2.05) is 12.3 Å². The number of ether oxygens (including phenoxy) is 1. The molecule has 1 atom stereocenters. The van der Waals surface area contributed by atoms with E-state index < -0.39 is 0 Å². The fourth-order valence-electron chi connectivity index (χ4n) is 5.41. The Bertz CT molecular complexity index is 729. The van der Waals surface area contributed by atoms with Gasteiger partial charge in [0.2, 0.25) is 0 Å². The van der Waals surface area contributed by atoms with Crippen LogP contribution in [0.15, 0.2) is 36.8 Å². The summed E-state index contributed by atoms with van der Waals surface area (Å²) in [5, 5.41) is 0. The molecule has 2 aromatic heterocycles. The smallest absolute Gasteiger partial charge is 0.198 e. The lowest BCUT2D eigenvalue weighted by atomic mass is 9.67. The summed E-state index contributed by atoms with van der Waals surface area (Å²) in [5.74, 6) is 0. The van der Waals surface area contributed by atoms with E-state index >= 15 is 0 Å². The third kappa shape index (κ3) is 3.96. The van der Waals surface area contributed by atoms with Gasteiger partial charge in [0.05, 0.1) is 18.8 Å². The second-order valence-electron chi connectivity index (χ2n) is 8.85. The molecule has 1 aliphatic carbocycles. The predicted molar refractivity (Wildman–Crippen MR) is 106 cm³/mol. The second kappa shape index (κ2) is 7.75. The van der Waals surface area contributed by atoms with Crippen LogP contribution in [-0.4, -0.2) is 21.9 Å². The molecule has 4 heteroatoms. The molecular formula is C23H34N3O+. The average Bonchev–Trinajstić information content (AvgIpc) is 3.26. The van der Waals surface area contributed by atoms with Gasteiger partial charge in [-0.1, -0.05) is 25.3 Å². The second-order valence-corrected chi connectivity index (χ2v) is 8.85. The molecule has 0 radical (unpaired) electrons. The molecule has 0 unspecified atom stereocenters. The van der Waals surface area contributed by atoms with Gasteiger partial charge in [0.25, 0.3) is 0 Å². The van der Waals surface area contributed by atoms with Crippen LogP contribution >= 0.6 is 0 Å². The number of aromatic nitrogens is 3. The van der Waals surface area contributed by atoms with Gasteiger partial charge in [0.1, 0.15) is 0 Å². The van der Waals surface area contributed by atoms with Gasteiger partial charge in [-0.2, -0.15) is 4.68 Å². The fourth-order valence-corrected chi connectivity index (χ4v) is 5.41. The minimum Gasteiger partial charge on any atom is -0.375 e. The summed E-state index contributed by atoms with van der Waals surface area (Å²) in [6.07, 6.45) is 18.8. The van der Waals surface area contributed by atoms with E-state index in [2.05, 4.69) is 48.0 Å². The van der Waals surface area contributed by atoms with Crippen LogP contribution in [0.1, 0.15) is 69.0 Å². The Morgan fingerprint density at radius 2 is 2.04 bits per heavy atom. The van der Waals surface area contributed by atoms with Gasteiger partial charge >= 0.3 is 0 Å². The molecule has 1 spiro atoms. The Morgan fingerprint density at radius 3 is 2.74 bits per heavy atom. The third-order valence-corrected chi connectivity index (χ3v) is 6.95. The summed E-state index contributed by atoms with van der Waals surface area (Å²) in [5.41, 5.74) is 3.06. The molecule has 0 bridgehead atoms. The predicted octanol–water partition coefficient (Wildman–Crippen LogP) is 4.02. The fraction of sp³-hybridized carbons (Fsp3) is 0.652. The largest absolute Gasteiger partial charge is 0.375 e. The Kier molecular flexibility index (Phi) is 5.36. The normalized spacial score (nSPS) is 24.5. The summed E-state index contributed by atoms with van der Waals surface area (Å²) in [6.45, 7) is 0.894. The van der Waals surface area contributed by atoms with Crippen molar-refractivity contribution in [2.24, 2.45) is 14.1 Å². The van der Waals surface area contributed by atoms with Crippen LogP contribution in [0.2, 0.25) is 0 Å². The van der Waals surface area contributed by atoms with Crippen molar-refractivity contribution >= 4 is 0 Å². The zero-order chi connectivity index (χ0) is 18.7. The van der Waals surface area contributed by atoms with E-state index in [0.29, 0.717) is 0 Å². The first-order valence-corrected chi connectivity index (χ1v) is 10.7. The van der Waals surface area contributed by atoms with Gasteiger partial charge in [-0.3, -0.25) is 4.98 Å². The zero-order valence-electron chi connectivity index (χ0n) is 17.0. The molecule has 1 saturated heterocycles. The molecule has 2 aliphatic rings. The highest BCUT2D eigenvalue weighted by atomic mass is 16.5. The number of hydrogen-bond acceptors (Lipinski definition) is 2. The molecule has 0 amide bonds. The first kappa shape index (κ1) is 18.7. The molecule has 0 aromatic carbocycles. The number of nitrogens with zero attached hydrogens (tertiary/aromatic N) is 3. The van der Waals surface area contributed by atoms with Gasteiger partial charge in [-0.25, -0.2) is 0 Å². The third-order valence-electron chi connectivity index (χ3n) is 6.95. The van der Waals surface area contributed by atoms with Crippen LogP contribution in [-0.2, 0) is 30.7 Å². The van der Waals surface area contributed by atoms with Crippen molar-refractivity contribution in [3.8, 4) is 0 Å². The van der Waals surface area contributed by atoms with E-state index in [-0.39, 0.29) is 11.0 Å².